The van der Waals surface area contributed by atoms with Crippen LogP contribution in [0.25, 0.3) is 0 Å². The van der Waals surface area contributed by atoms with E-state index < -0.39 is 43.2 Å². The molecule has 5 atom stereocenters. The SMILES string of the molecule is C=C(NCCOCCOCCOC1OC(CO)C(O)C(O)C1NC(C)=O)Nc1cccc(SC#N)n1. The fraction of sp³-hybridized carbons (Fsp3) is 0.591. The highest BCUT2D eigenvalue weighted by Crippen LogP contribution is 2.22. The van der Waals surface area contributed by atoms with Crippen LogP contribution in [0, 0.1) is 10.7 Å². The van der Waals surface area contributed by atoms with Crippen molar-refractivity contribution >= 4 is 23.5 Å². The zero-order valence-corrected chi connectivity index (χ0v) is 20.8. The minimum absolute atomic E-state index is 0.0941. The second-order valence-electron chi connectivity index (χ2n) is 7.61. The average molecular weight is 528 g/mol. The van der Waals surface area contributed by atoms with Crippen LogP contribution in [0.3, 0.4) is 0 Å². The van der Waals surface area contributed by atoms with Gasteiger partial charge >= 0.3 is 0 Å². The topological polar surface area (TPSA) is 187 Å². The van der Waals surface area contributed by atoms with E-state index in [-0.39, 0.29) is 13.2 Å². The number of pyridine rings is 1. The smallest absolute Gasteiger partial charge is 0.217 e. The highest BCUT2D eigenvalue weighted by molar-refractivity contribution is 8.03. The van der Waals surface area contributed by atoms with Crippen molar-refractivity contribution in [1.29, 1.82) is 5.26 Å². The number of anilines is 1. The van der Waals surface area contributed by atoms with Crippen LogP contribution in [0.5, 0.6) is 0 Å². The highest BCUT2D eigenvalue weighted by Gasteiger charge is 2.45. The first kappa shape index (κ1) is 29.7. The minimum atomic E-state index is -1.36. The number of aromatic nitrogens is 1. The summed E-state index contributed by atoms with van der Waals surface area (Å²) in [6.07, 6.45) is -4.81. The molecule has 1 amide bonds. The van der Waals surface area contributed by atoms with Crippen molar-refractivity contribution in [3.63, 3.8) is 0 Å². The lowest BCUT2D eigenvalue weighted by atomic mass is 9.97. The quantitative estimate of drug-likeness (QED) is 0.0884. The summed E-state index contributed by atoms with van der Waals surface area (Å²) in [5.41, 5.74) is 0. The molecule has 0 radical (unpaired) electrons. The van der Waals surface area contributed by atoms with E-state index in [2.05, 4.69) is 27.5 Å². The van der Waals surface area contributed by atoms with Gasteiger partial charge < -0.3 is 50.2 Å². The standard InChI is InChI=1S/C22H33N5O8S/c1-14(25-17-4-3-5-18(27-17)36-13-23)24-6-7-32-8-9-33-10-11-34-22-19(26-15(2)29)21(31)20(30)16(12-28)35-22/h3-5,16,19-22,24,28,30-31H,1,6-12H2,2H3,(H,25,27)(H,26,29). The maximum atomic E-state index is 11.4. The van der Waals surface area contributed by atoms with Gasteiger partial charge in [0.15, 0.2) is 6.29 Å². The highest BCUT2D eigenvalue weighted by atomic mass is 32.2. The number of carbonyl (C=O) groups is 1. The molecule has 2 rings (SSSR count). The molecule has 14 heteroatoms. The molecule has 0 aliphatic carbocycles. The van der Waals surface area contributed by atoms with Gasteiger partial charge in [-0.25, -0.2) is 4.98 Å². The maximum absolute atomic E-state index is 11.4. The Kier molecular flexibility index (Phi) is 13.5. The number of hydrogen-bond acceptors (Lipinski definition) is 13. The molecule has 2 heterocycles. The molecule has 6 N–H and O–H groups in total. The summed E-state index contributed by atoms with van der Waals surface area (Å²) in [6, 6.07) is 4.31. The summed E-state index contributed by atoms with van der Waals surface area (Å²) in [5.74, 6) is 0.694. The lowest BCUT2D eigenvalue weighted by molar-refractivity contribution is -0.272. The lowest BCUT2D eigenvalue weighted by Gasteiger charge is -2.42. The molecule has 0 aromatic carbocycles. The van der Waals surface area contributed by atoms with Gasteiger partial charge in [0, 0.05) is 25.2 Å². The number of amides is 1. The van der Waals surface area contributed by atoms with Gasteiger partial charge in [0.05, 0.1) is 45.5 Å². The monoisotopic (exact) mass is 527 g/mol. The fourth-order valence-corrected chi connectivity index (χ4v) is 3.60. The Hall–Kier alpha value is -2.48. The Morgan fingerprint density at radius 1 is 1.22 bits per heavy atom. The number of thioether (sulfide) groups is 1. The van der Waals surface area contributed by atoms with Crippen molar-refractivity contribution in [2.75, 3.05) is 51.5 Å². The van der Waals surface area contributed by atoms with Crippen molar-refractivity contribution < 1.29 is 39.1 Å². The van der Waals surface area contributed by atoms with Crippen LogP contribution in [0.15, 0.2) is 35.6 Å². The van der Waals surface area contributed by atoms with Gasteiger partial charge in [0.2, 0.25) is 5.91 Å². The summed E-state index contributed by atoms with van der Waals surface area (Å²) in [5, 5.41) is 49.4. The van der Waals surface area contributed by atoms with Crippen LogP contribution < -0.4 is 16.0 Å². The third kappa shape index (κ3) is 10.2. The van der Waals surface area contributed by atoms with Gasteiger partial charge in [-0.15, -0.1) is 0 Å². The second-order valence-corrected chi connectivity index (χ2v) is 8.42. The number of thiocyanates is 1. The number of rotatable bonds is 16. The number of nitrogens with one attached hydrogen (secondary N) is 3. The predicted octanol–water partition coefficient (Wildman–Crippen LogP) is -0.879. The fourth-order valence-electron chi connectivity index (χ4n) is 3.22. The van der Waals surface area contributed by atoms with Gasteiger partial charge in [-0.05, 0) is 12.1 Å². The van der Waals surface area contributed by atoms with Crippen LogP contribution in [-0.2, 0) is 23.7 Å². The Morgan fingerprint density at radius 3 is 2.64 bits per heavy atom. The zero-order chi connectivity index (χ0) is 26.3. The number of hydrogen-bond donors (Lipinski definition) is 6. The van der Waals surface area contributed by atoms with Crippen LogP contribution in [-0.4, -0.2) is 103 Å². The summed E-state index contributed by atoms with van der Waals surface area (Å²) in [4.78, 5) is 15.7. The molecule has 36 heavy (non-hydrogen) atoms. The van der Waals surface area contributed by atoms with Crippen molar-refractivity contribution in [3.05, 3.63) is 30.6 Å². The molecule has 13 nitrogen and oxygen atoms in total. The van der Waals surface area contributed by atoms with Crippen LogP contribution in [0.4, 0.5) is 5.82 Å². The van der Waals surface area contributed by atoms with Crippen LogP contribution in [0.2, 0.25) is 0 Å². The average Bonchev–Trinajstić information content (AvgIpc) is 2.84. The molecule has 1 aliphatic rings. The molecule has 0 spiro atoms. The third-order valence-electron chi connectivity index (χ3n) is 4.87. The zero-order valence-electron chi connectivity index (χ0n) is 20.0. The van der Waals surface area contributed by atoms with Crippen molar-refractivity contribution in [2.24, 2.45) is 0 Å². The normalized spacial score (nSPS) is 23.5. The Bertz CT molecular complexity index is 873. The minimum Gasteiger partial charge on any atom is -0.394 e. The van der Waals surface area contributed by atoms with Crippen molar-refractivity contribution in [2.45, 2.75) is 42.6 Å². The molecule has 0 bridgehead atoms. The molecule has 5 unspecified atom stereocenters. The largest absolute Gasteiger partial charge is 0.394 e. The van der Waals surface area contributed by atoms with Gasteiger partial charge in [-0.3, -0.25) is 4.79 Å². The molecule has 1 saturated heterocycles. The van der Waals surface area contributed by atoms with Crippen molar-refractivity contribution in [1.82, 2.24) is 15.6 Å². The van der Waals surface area contributed by atoms with E-state index in [9.17, 15) is 20.1 Å². The molecule has 1 fully saturated rings. The maximum Gasteiger partial charge on any atom is 0.217 e. The molecule has 1 aromatic rings. The summed E-state index contributed by atoms with van der Waals surface area (Å²) in [6.45, 7) is 6.51. The molecular formula is C22H33N5O8S. The number of aliphatic hydroxyl groups excluding tert-OH is 3. The first-order chi connectivity index (χ1) is 17.3. The Balaban J connectivity index is 1.55. The van der Waals surface area contributed by atoms with Crippen molar-refractivity contribution in [3.8, 4) is 5.40 Å². The second kappa shape index (κ2) is 16.3. The number of ether oxygens (including phenoxy) is 4. The van der Waals surface area contributed by atoms with E-state index in [1.54, 1.807) is 18.2 Å². The van der Waals surface area contributed by atoms with E-state index in [0.717, 1.165) is 11.8 Å². The Labute approximate surface area is 213 Å². The van der Waals surface area contributed by atoms with Gasteiger partial charge in [0.25, 0.3) is 0 Å². The number of carbonyl (C=O) groups excluding carboxylic acids is 1. The molecule has 200 valence electrons. The van der Waals surface area contributed by atoms with Gasteiger partial charge in [-0.2, -0.15) is 5.26 Å². The first-order valence-electron chi connectivity index (χ1n) is 11.2. The van der Waals surface area contributed by atoms with Gasteiger partial charge in [0.1, 0.15) is 40.6 Å². The number of aliphatic hydroxyl groups is 3. The third-order valence-corrected chi connectivity index (χ3v) is 5.40. The van der Waals surface area contributed by atoms with E-state index in [1.807, 2.05) is 5.40 Å². The molecule has 1 aliphatic heterocycles. The van der Waals surface area contributed by atoms with Crippen LogP contribution >= 0.6 is 11.8 Å². The number of nitrogens with zero attached hydrogens (tertiary/aromatic N) is 2. The molecule has 0 saturated carbocycles. The van der Waals surface area contributed by atoms with E-state index in [1.165, 1.54) is 6.92 Å². The number of nitriles is 1. The van der Waals surface area contributed by atoms with Gasteiger partial charge in [-0.1, -0.05) is 12.6 Å². The molecular weight excluding hydrogens is 494 g/mol. The van der Waals surface area contributed by atoms with E-state index in [0.29, 0.717) is 43.0 Å². The summed E-state index contributed by atoms with van der Waals surface area (Å²) in [7, 11) is 0. The summed E-state index contributed by atoms with van der Waals surface area (Å²) < 4.78 is 21.9. The molecule has 1 aromatic heterocycles. The van der Waals surface area contributed by atoms with Crippen LogP contribution in [0.1, 0.15) is 6.92 Å². The predicted molar refractivity (Wildman–Crippen MR) is 129 cm³/mol. The van der Waals surface area contributed by atoms with E-state index in [4.69, 9.17) is 24.2 Å². The van der Waals surface area contributed by atoms with E-state index >= 15 is 0 Å². The lowest BCUT2D eigenvalue weighted by Crippen LogP contribution is -2.64. The Morgan fingerprint density at radius 2 is 1.94 bits per heavy atom. The first-order valence-corrected chi connectivity index (χ1v) is 12.1. The summed E-state index contributed by atoms with van der Waals surface area (Å²) >= 11 is 0.976.